The third-order valence-electron chi connectivity index (χ3n) is 3.25. The van der Waals surface area contributed by atoms with Gasteiger partial charge in [0.15, 0.2) is 0 Å². The fourth-order valence-electron chi connectivity index (χ4n) is 2.11. The van der Waals surface area contributed by atoms with Gasteiger partial charge in [-0.1, -0.05) is 24.3 Å². The van der Waals surface area contributed by atoms with E-state index in [1.807, 2.05) is 31.2 Å². The van der Waals surface area contributed by atoms with Crippen molar-refractivity contribution in [3.05, 3.63) is 59.4 Å². The number of amides is 1. The average molecular weight is 288 g/mol. The standard InChI is InChI=1S/C16H17FN2O2/c1-10(11-6-3-4-9-14(11)21-2)19-16(20)12-7-5-8-13(17)15(12)18/h3-10H,18H2,1-2H3,(H,19,20). The SMILES string of the molecule is COc1ccccc1C(C)NC(=O)c1cccc(F)c1N. The summed E-state index contributed by atoms with van der Waals surface area (Å²) >= 11 is 0. The third kappa shape index (κ3) is 3.13. The van der Waals surface area contributed by atoms with Crippen LogP contribution in [0.15, 0.2) is 42.5 Å². The van der Waals surface area contributed by atoms with Crippen LogP contribution in [-0.2, 0) is 0 Å². The zero-order valence-electron chi connectivity index (χ0n) is 11.9. The predicted octanol–water partition coefficient (Wildman–Crippen LogP) is 2.91. The minimum absolute atomic E-state index is 0.122. The first-order valence-electron chi connectivity index (χ1n) is 6.52. The molecular weight excluding hydrogens is 271 g/mol. The molecule has 21 heavy (non-hydrogen) atoms. The Morgan fingerprint density at radius 2 is 1.95 bits per heavy atom. The predicted molar refractivity (Wildman–Crippen MR) is 79.7 cm³/mol. The molecule has 0 saturated heterocycles. The van der Waals surface area contributed by atoms with E-state index in [9.17, 15) is 9.18 Å². The molecule has 1 amide bonds. The number of carbonyl (C=O) groups is 1. The van der Waals surface area contributed by atoms with Crippen LogP contribution in [0.4, 0.5) is 10.1 Å². The van der Waals surface area contributed by atoms with Crippen LogP contribution < -0.4 is 15.8 Å². The highest BCUT2D eigenvalue weighted by atomic mass is 19.1. The van der Waals surface area contributed by atoms with Gasteiger partial charge in [-0.15, -0.1) is 0 Å². The summed E-state index contributed by atoms with van der Waals surface area (Å²) in [5.41, 5.74) is 6.40. The van der Waals surface area contributed by atoms with E-state index >= 15 is 0 Å². The van der Waals surface area contributed by atoms with Crippen LogP contribution in [-0.4, -0.2) is 13.0 Å². The molecule has 2 rings (SSSR count). The van der Waals surface area contributed by atoms with Crippen LogP contribution >= 0.6 is 0 Å². The molecule has 0 aliphatic carbocycles. The van der Waals surface area contributed by atoms with E-state index in [0.717, 1.165) is 5.56 Å². The maximum Gasteiger partial charge on any atom is 0.253 e. The minimum atomic E-state index is -0.604. The summed E-state index contributed by atoms with van der Waals surface area (Å²) < 4.78 is 18.7. The van der Waals surface area contributed by atoms with E-state index in [1.54, 1.807) is 7.11 Å². The lowest BCUT2D eigenvalue weighted by Crippen LogP contribution is -2.27. The number of nitrogen functional groups attached to an aromatic ring is 1. The van der Waals surface area contributed by atoms with Crippen molar-refractivity contribution < 1.29 is 13.9 Å². The van der Waals surface area contributed by atoms with Crippen molar-refractivity contribution in [2.45, 2.75) is 13.0 Å². The van der Waals surface area contributed by atoms with E-state index in [0.29, 0.717) is 5.75 Å². The van der Waals surface area contributed by atoms with Gasteiger partial charge >= 0.3 is 0 Å². The number of ether oxygens (including phenoxy) is 1. The first kappa shape index (κ1) is 14.8. The topological polar surface area (TPSA) is 64.3 Å². The quantitative estimate of drug-likeness (QED) is 0.850. The molecule has 0 heterocycles. The molecule has 0 fully saturated rings. The molecule has 0 aromatic heterocycles. The molecule has 110 valence electrons. The first-order chi connectivity index (χ1) is 10.0. The molecule has 1 unspecified atom stereocenters. The Morgan fingerprint density at radius 1 is 1.24 bits per heavy atom. The normalized spacial score (nSPS) is 11.8. The molecule has 0 saturated carbocycles. The van der Waals surface area contributed by atoms with E-state index in [2.05, 4.69) is 5.32 Å². The second kappa shape index (κ2) is 6.26. The van der Waals surface area contributed by atoms with E-state index in [4.69, 9.17) is 10.5 Å². The number of methoxy groups -OCH3 is 1. The summed E-state index contributed by atoms with van der Waals surface area (Å²) in [4.78, 5) is 12.2. The number of halogens is 1. The number of nitrogens with one attached hydrogen (secondary N) is 1. The lowest BCUT2D eigenvalue weighted by molar-refractivity contribution is 0.0940. The zero-order valence-corrected chi connectivity index (χ0v) is 11.9. The Morgan fingerprint density at radius 3 is 2.67 bits per heavy atom. The van der Waals surface area contributed by atoms with E-state index < -0.39 is 11.7 Å². The molecule has 1 atom stereocenters. The fraction of sp³-hybridized carbons (Fsp3) is 0.188. The molecule has 0 spiro atoms. The van der Waals surface area contributed by atoms with E-state index in [-0.39, 0.29) is 17.3 Å². The minimum Gasteiger partial charge on any atom is -0.496 e. The Balaban J connectivity index is 2.21. The van der Waals surface area contributed by atoms with Gasteiger partial charge in [0.2, 0.25) is 0 Å². The number of anilines is 1. The van der Waals surface area contributed by atoms with E-state index in [1.165, 1.54) is 18.2 Å². The summed E-state index contributed by atoms with van der Waals surface area (Å²) in [6.45, 7) is 1.82. The highest BCUT2D eigenvalue weighted by molar-refractivity contribution is 5.99. The van der Waals surface area contributed by atoms with Gasteiger partial charge in [-0.25, -0.2) is 4.39 Å². The van der Waals surface area contributed by atoms with Crippen LogP contribution in [0.5, 0.6) is 5.75 Å². The fourth-order valence-corrected chi connectivity index (χ4v) is 2.11. The number of para-hydroxylation sites is 2. The summed E-state index contributed by atoms with van der Waals surface area (Å²) in [6.07, 6.45) is 0. The van der Waals surface area contributed by atoms with Crippen molar-refractivity contribution in [1.29, 1.82) is 0 Å². The third-order valence-corrected chi connectivity index (χ3v) is 3.25. The monoisotopic (exact) mass is 288 g/mol. The van der Waals surface area contributed by atoms with Crippen LogP contribution in [0.1, 0.15) is 28.9 Å². The smallest absolute Gasteiger partial charge is 0.253 e. The number of rotatable bonds is 4. The molecule has 2 aromatic carbocycles. The van der Waals surface area contributed by atoms with Crippen LogP contribution in [0, 0.1) is 5.82 Å². The highest BCUT2D eigenvalue weighted by Gasteiger charge is 2.17. The Kier molecular flexibility index (Phi) is 4.42. The lowest BCUT2D eigenvalue weighted by atomic mass is 10.1. The maximum atomic E-state index is 13.4. The van der Waals surface area contributed by atoms with Crippen molar-refractivity contribution in [2.24, 2.45) is 0 Å². The number of hydrogen-bond donors (Lipinski definition) is 2. The lowest BCUT2D eigenvalue weighted by Gasteiger charge is -2.17. The van der Waals surface area contributed by atoms with Gasteiger partial charge in [0, 0.05) is 5.56 Å². The largest absolute Gasteiger partial charge is 0.496 e. The van der Waals surface area contributed by atoms with Gasteiger partial charge in [0.1, 0.15) is 11.6 Å². The summed E-state index contributed by atoms with van der Waals surface area (Å²) in [5, 5.41) is 2.79. The van der Waals surface area contributed by atoms with Gasteiger partial charge in [0.25, 0.3) is 5.91 Å². The molecule has 0 aliphatic rings. The van der Waals surface area contributed by atoms with Crippen LogP contribution in [0.25, 0.3) is 0 Å². The molecule has 0 radical (unpaired) electrons. The molecule has 0 bridgehead atoms. The Hall–Kier alpha value is -2.56. The van der Waals surface area contributed by atoms with Gasteiger partial charge in [-0.2, -0.15) is 0 Å². The second-order valence-corrected chi connectivity index (χ2v) is 4.64. The highest BCUT2D eigenvalue weighted by Crippen LogP contribution is 2.25. The summed E-state index contributed by atoms with van der Waals surface area (Å²) in [5.74, 6) is -0.351. The average Bonchev–Trinajstić information content (AvgIpc) is 2.49. The van der Waals surface area contributed by atoms with Crippen molar-refractivity contribution in [3.8, 4) is 5.75 Å². The molecule has 3 N–H and O–H groups in total. The van der Waals surface area contributed by atoms with Crippen molar-refractivity contribution in [3.63, 3.8) is 0 Å². The molecule has 5 heteroatoms. The van der Waals surface area contributed by atoms with Crippen molar-refractivity contribution >= 4 is 11.6 Å². The summed E-state index contributed by atoms with van der Waals surface area (Å²) in [6, 6.07) is 11.2. The second-order valence-electron chi connectivity index (χ2n) is 4.64. The number of carbonyl (C=O) groups excluding carboxylic acids is 1. The Bertz CT molecular complexity index is 658. The van der Waals surface area contributed by atoms with Gasteiger partial charge in [0.05, 0.1) is 24.4 Å². The molecule has 0 aliphatic heterocycles. The van der Waals surface area contributed by atoms with Gasteiger partial charge < -0.3 is 15.8 Å². The van der Waals surface area contributed by atoms with Crippen molar-refractivity contribution in [1.82, 2.24) is 5.32 Å². The maximum absolute atomic E-state index is 13.4. The Labute approximate surface area is 122 Å². The summed E-state index contributed by atoms with van der Waals surface area (Å²) in [7, 11) is 1.57. The number of hydrogen-bond acceptors (Lipinski definition) is 3. The van der Waals surface area contributed by atoms with Crippen molar-refractivity contribution in [2.75, 3.05) is 12.8 Å². The first-order valence-corrected chi connectivity index (χ1v) is 6.52. The molecular formula is C16H17FN2O2. The van der Waals surface area contributed by atoms with Crippen LogP contribution in [0.2, 0.25) is 0 Å². The van der Waals surface area contributed by atoms with Crippen LogP contribution in [0.3, 0.4) is 0 Å². The van der Waals surface area contributed by atoms with Gasteiger partial charge in [-0.3, -0.25) is 4.79 Å². The number of nitrogens with two attached hydrogens (primary N) is 1. The molecule has 2 aromatic rings. The zero-order chi connectivity index (χ0) is 15.4. The van der Waals surface area contributed by atoms with Gasteiger partial charge in [-0.05, 0) is 25.1 Å². The molecule has 4 nitrogen and oxygen atoms in total. The number of benzene rings is 2.